The van der Waals surface area contributed by atoms with Crippen LogP contribution in [0.5, 0.6) is 11.5 Å². The van der Waals surface area contributed by atoms with Crippen molar-refractivity contribution in [3.63, 3.8) is 0 Å². The Morgan fingerprint density at radius 3 is 2.26 bits per heavy atom. The van der Waals surface area contributed by atoms with Gasteiger partial charge in [0.25, 0.3) is 0 Å². The molecule has 6 unspecified atom stereocenters. The van der Waals surface area contributed by atoms with E-state index < -0.39 is 53.3 Å². The van der Waals surface area contributed by atoms with E-state index in [1.54, 1.807) is 25.4 Å². The van der Waals surface area contributed by atoms with Crippen LogP contribution < -0.4 is 20.1 Å². The third kappa shape index (κ3) is 7.23. The van der Waals surface area contributed by atoms with Crippen LogP contribution in [0.2, 0.25) is 0 Å². The second-order valence-corrected chi connectivity index (χ2v) is 15.4. The summed E-state index contributed by atoms with van der Waals surface area (Å²) in [7, 11) is 1.61. The summed E-state index contributed by atoms with van der Waals surface area (Å²) in [6, 6.07) is 42.1. The van der Waals surface area contributed by atoms with E-state index in [0.717, 1.165) is 22.4 Å². The molecule has 4 heterocycles. The molecule has 0 aliphatic carbocycles. The molecule has 62 heavy (non-hydrogen) atoms. The highest BCUT2D eigenvalue weighted by Crippen LogP contribution is 2.65. The number of anilines is 1. The van der Waals surface area contributed by atoms with Crippen molar-refractivity contribution in [3.8, 4) is 23.3 Å². The number of hydrogen-bond acceptors (Lipinski definition) is 9. The number of fused-ring (bicyclic) bond motifs is 3. The van der Waals surface area contributed by atoms with Gasteiger partial charge in [0, 0.05) is 47.2 Å². The van der Waals surface area contributed by atoms with Crippen molar-refractivity contribution >= 4 is 23.5 Å². The number of pyridine rings is 1. The van der Waals surface area contributed by atoms with Gasteiger partial charge in [0.2, 0.25) is 11.8 Å². The molecule has 3 N–H and O–H groups in total. The van der Waals surface area contributed by atoms with Gasteiger partial charge in [0.1, 0.15) is 35.7 Å². The van der Waals surface area contributed by atoms with Gasteiger partial charge in [-0.15, -0.1) is 0 Å². The predicted octanol–water partition coefficient (Wildman–Crippen LogP) is 6.49. The molecule has 0 saturated carbocycles. The molecule has 6 aromatic rings. The van der Waals surface area contributed by atoms with E-state index in [1.807, 2.05) is 138 Å². The van der Waals surface area contributed by atoms with Gasteiger partial charge < -0.3 is 30.0 Å². The van der Waals surface area contributed by atoms with Gasteiger partial charge in [-0.2, -0.15) is 0 Å². The number of nitrogens with zero attached hydrogens (tertiary/aromatic N) is 2. The topological polar surface area (TPSA) is 139 Å². The first-order chi connectivity index (χ1) is 30.4. The van der Waals surface area contributed by atoms with E-state index in [-0.39, 0.29) is 19.8 Å². The van der Waals surface area contributed by atoms with E-state index in [4.69, 9.17) is 14.2 Å². The van der Waals surface area contributed by atoms with Crippen LogP contribution in [0, 0.1) is 17.8 Å². The van der Waals surface area contributed by atoms with Gasteiger partial charge in [0.15, 0.2) is 0 Å². The maximum atomic E-state index is 15.6. The van der Waals surface area contributed by atoms with Crippen molar-refractivity contribution in [2.75, 3.05) is 32.2 Å². The number of amides is 2. The normalized spacial score (nSPS) is 22.4. The fourth-order valence-corrected chi connectivity index (χ4v) is 9.42. The molecule has 1 spiro atoms. The predicted molar refractivity (Wildman–Crippen MR) is 232 cm³/mol. The number of hydrogen-bond donors (Lipinski definition) is 3. The summed E-state index contributed by atoms with van der Waals surface area (Å²) in [6.45, 7) is -0.0870. The van der Waals surface area contributed by atoms with E-state index in [2.05, 4.69) is 27.5 Å². The number of aliphatic hydroxyl groups excluding tert-OH is 1. The van der Waals surface area contributed by atoms with Crippen LogP contribution in [0.15, 0.2) is 152 Å². The SMILES string of the molecule is COc1ccc(C#Cc2ccc3c(c2)C2(C(=O)N3)C(C(=O)NCCc3ccccn3)C3C(=O)OC(c4ccccc4)C(c4ccccc4)N3C2c2ccccc2OCCO)cc1. The van der Waals surface area contributed by atoms with E-state index in [9.17, 15) is 5.11 Å². The number of carbonyl (C=O) groups excluding carboxylic acids is 3. The molecule has 0 radical (unpaired) electrons. The van der Waals surface area contributed by atoms with Gasteiger partial charge in [-0.05, 0) is 77.4 Å². The number of benzene rings is 5. The average molecular weight is 825 g/mol. The van der Waals surface area contributed by atoms with Crippen molar-refractivity contribution in [2.45, 2.75) is 36.1 Å². The molecule has 1 aromatic heterocycles. The van der Waals surface area contributed by atoms with Gasteiger partial charge >= 0.3 is 5.97 Å². The van der Waals surface area contributed by atoms with Crippen molar-refractivity contribution in [1.29, 1.82) is 0 Å². The van der Waals surface area contributed by atoms with Crippen LogP contribution >= 0.6 is 0 Å². The fourth-order valence-electron chi connectivity index (χ4n) is 9.42. The monoisotopic (exact) mass is 824 g/mol. The number of ether oxygens (including phenoxy) is 3. The minimum atomic E-state index is -1.75. The lowest BCUT2D eigenvalue weighted by molar-refractivity contribution is -0.178. The Kier molecular flexibility index (Phi) is 11.3. The largest absolute Gasteiger partial charge is 0.497 e. The molecule has 2 saturated heterocycles. The lowest BCUT2D eigenvalue weighted by Crippen LogP contribution is -2.55. The van der Waals surface area contributed by atoms with E-state index in [0.29, 0.717) is 40.3 Å². The number of para-hydroxylation sites is 1. The molecule has 5 aromatic carbocycles. The molecule has 2 fully saturated rings. The minimum Gasteiger partial charge on any atom is -0.497 e. The lowest BCUT2D eigenvalue weighted by atomic mass is 9.65. The number of carbonyl (C=O) groups is 3. The first-order valence-electron chi connectivity index (χ1n) is 20.6. The lowest BCUT2D eigenvalue weighted by Gasteiger charge is -2.46. The first-order valence-corrected chi connectivity index (χ1v) is 20.6. The van der Waals surface area contributed by atoms with Crippen LogP contribution in [-0.4, -0.2) is 65.7 Å². The number of methoxy groups -OCH3 is 1. The number of aromatic nitrogens is 1. The molecule has 2 amide bonds. The Labute approximate surface area is 359 Å². The zero-order valence-corrected chi connectivity index (χ0v) is 33.9. The number of rotatable bonds is 11. The summed E-state index contributed by atoms with van der Waals surface area (Å²) in [5, 5.41) is 16.2. The molecule has 6 atom stereocenters. The van der Waals surface area contributed by atoms with E-state index >= 15 is 14.4 Å². The van der Waals surface area contributed by atoms with Gasteiger partial charge in [0.05, 0.1) is 31.7 Å². The Bertz CT molecular complexity index is 2650. The molecule has 9 rings (SSSR count). The molecule has 11 nitrogen and oxygen atoms in total. The zero-order chi connectivity index (χ0) is 42.6. The second-order valence-electron chi connectivity index (χ2n) is 15.4. The average Bonchev–Trinajstić information content (AvgIpc) is 3.79. The highest BCUT2D eigenvalue weighted by Gasteiger charge is 2.74. The van der Waals surface area contributed by atoms with Crippen LogP contribution in [0.3, 0.4) is 0 Å². The quantitative estimate of drug-likeness (QED) is 0.0989. The maximum absolute atomic E-state index is 15.6. The standard InChI is InChI=1S/C51H44N4O7/c1-60-38-24-21-33(22-25-38)19-20-34-23-26-41-40(32-34)51(50(59)54-41)43(48(57)53-29-27-37-16-10-11-28-52-37)45-49(58)62-46(36-14-6-3-7-15-36)44(35-12-4-2-5-13-35)55(45)47(51)39-17-8-9-18-42(39)61-31-30-56/h2-18,21-26,28,32,43-47,56H,27,29-31H2,1H3,(H,53,57)(H,54,59). The number of morpholine rings is 1. The number of nitrogens with one attached hydrogen (secondary N) is 2. The van der Waals surface area contributed by atoms with Crippen molar-refractivity contribution in [2.24, 2.45) is 5.92 Å². The summed E-state index contributed by atoms with van der Waals surface area (Å²) in [5.74, 6) is 4.72. The molecule has 3 aliphatic rings. The number of cyclic esters (lactones) is 1. The summed E-state index contributed by atoms with van der Waals surface area (Å²) in [4.78, 5) is 52.5. The summed E-state index contributed by atoms with van der Waals surface area (Å²) in [6.07, 6.45) is 1.29. The molecular formula is C51H44N4O7. The van der Waals surface area contributed by atoms with Crippen LogP contribution in [0.25, 0.3) is 0 Å². The zero-order valence-electron chi connectivity index (χ0n) is 33.9. The highest BCUT2D eigenvalue weighted by atomic mass is 16.6. The molecule has 3 aliphatic heterocycles. The van der Waals surface area contributed by atoms with Crippen LogP contribution in [-0.2, 0) is 31.0 Å². The van der Waals surface area contributed by atoms with Gasteiger partial charge in [-0.1, -0.05) is 96.8 Å². The molecule has 310 valence electrons. The van der Waals surface area contributed by atoms with Crippen molar-refractivity contribution < 1.29 is 33.7 Å². The van der Waals surface area contributed by atoms with Crippen LogP contribution in [0.4, 0.5) is 5.69 Å². The van der Waals surface area contributed by atoms with Crippen molar-refractivity contribution in [3.05, 3.63) is 191 Å². The first kappa shape index (κ1) is 40.2. The Hall–Kier alpha value is -7.26. The number of aliphatic hydroxyl groups is 1. The van der Waals surface area contributed by atoms with Gasteiger partial charge in [-0.3, -0.25) is 24.3 Å². The Balaban J connectivity index is 1.29. The smallest absolute Gasteiger partial charge is 0.324 e. The highest BCUT2D eigenvalue weighted by molar-refractivity contribution is 6.12. The third-order valence-electron chi connectivity index (χ3n) is 12.0. The summed E-state index contributed by atoms with van der Waals surface area (Å²) in [5.41, 5.74) is 3.54. The Morgan fingerprint density at radius 1 is 0.839 bits per heavy atom. The fraction of sp³-hybridized carbons (Fsp3) is 0.216. The van der Waals surface area contributed by atoms with Crippen LogP contribution in [0.1, 0.15) is 57.3 Å². The second kappa shape index (κ2) is 17.4. The molecule has 0 bridgehead atoms. The summed E-state index contributed by atoms with van der Waals surface area (Å²) < 4.78 is 18.1. The minimum absolute atomic E-state index is 0.0255. The third-order valence-corrected chi connectivity index (χ3v) is 12.0. The van der Waals surface area contributed by atoms with E-state index in [1.165, 1.54) is 0 Å². The summed E-state index contributed by atoms with van der Waals surface area (Å²) >= 11 is 0. The molecule has 11 heteroatoms. The maximum Gasteiger partial charge on any atom is 0.324 e. The number of esters is 1. The Morgan fingerprint density at radius 2 is 1.53 bits per heavy atom. The van der Waals surface area contributed by atoms with Gasteiger partial charge in [-0.25, -0.2) is 0 Å². The van der Waals surface area contributed by atoms with Crippen molar-refractivity contribution in [1.82, 2.24) is 15.2 Å². The molecular weight excluding hydrogens is 781 g/mol.